The van der Waals surface area contributed by atoms with Crippen molar-refractivity contribution in [1.29, 1.82) is 0 Å². The lowest BCUT2D eigenvalue weighted by atomic mass is 10.0. The molecule has 0 aliphatic rings. The van der Waals surface area contributed by atoms with Crippen molar-refractivity contribution < 1.29 is 19.1 Å². The molecule has 164 valence electrons. The Morgan fingerprint density at radius 1 is 1.19 bits per heavy atom. The average Bonchev–Trinajstić information content (AvgIpc) is 3.08. The van der Waals surface area contributed by atoms with Crippen LogP contribution >= 0.6 is 11.3 Å². The molecule has 3 aromatic rings. The lowest BCUT2D eigenvalue weighted by molar-refractivity contribution is -0.116. The van der Waals surface area contributed by atoms with Crippen LogP contribution < -0.4 is 10.9 Å². The molecule has 0 spiro atoms. The number of thiophene rings is 1. The Hall–Kier alpha value is -3.04. The monoisotopic (exact) mass is 443 g/mol. The second-order valence-corrected chi connectivity index (χ2v) is 8.37. The molecule has 2 aromatic heterocycles. The van der Waals surface area contributed by atoms with E-state index < -0.39 is 5.97 Å². The molecule has 1 N–H and O–H groups in total. The van der Waals surface area contributed by atoms with Crippen molar-refractivity contribution in [2.24, 2.45) is 0 Å². The van der Waals surface area contributed by atoms with E-state index in [1.165, 1.54) is 23.6 Å². The standard InChI is InChI=1S/C22H25N3O5S/c1-13(2)15-5-7-16(8-6-15)24-17(26)11-25-12-23-20-18(21(25)27)14(3)19(31-20)22(28)30-10-9-29-4/h5-8,12-13H,9-11H2,1-4H3,(H,24,26). The van der Waals surface area contributed by atoms with Crippen LogP contribution in [0.1, 0.15) is 40.6 Å². The first-order valence-corrected chi connectivity index (χ1v) is 10.7. The highest BCUT2D eigenvalue weighted by Crippen LogP contribution is 2.27. The van der Waals surface area contributed by atoms with Crippen molar-refractivity contribution in [3.05, 3.63) is 57.0 Å². The summed E-state index contributed by atoms with van der Waals surface area (Å²) in [5, 5.41) is 3.11. The number of anilines is 1. The number of fused-ring (bicyclic) bond motifs is 1. The Morgan fingerprint density at radius 3 is 2.55 bits per heavy atom. The third-order valence-electron chi connectivity index (χ3n) is 4.80. The molecule has 1 aromatic carbocycles. The fourth-order valence-corrected chi connectivity index (χ4v) is 4.09. The smallest absolute Gasteiger partial charge is 0.348 e. The van der Waals surface area contributed by atoms with E-state index in [4.69, 9.17) is 9.47 Å². The van der Waals surface area contributed by atoms with Gasteiger partial charge in [0.1, 0.15) is 22.9 Å². The second kappa shape index (κ2) is 9.84. The normalized spacial score (nSPS) is 11.1. The molecule has 0 radical (unpaired) electrons. The quantitative estimate of drug-likeness (QED) is 0.423. The minimum Gasteiger partial charge on any atom is -0.459 e. The highest BCUT2D eigenvalue weighted by molar-refractivity contribution is 7.20. The third kappa shape index (κ3) is 5.18. The zero-order valence-electron chi connectivity index (χ0n) is 17.9. The van der Waals surface area contributed by atoms with Gasteiger partial charge >= 0.3 is 5.97 Å². The summed E-state index contributed by atoms with van der Waals surface area (Å²) >= 11 is 1.10. The number of benzene rings is 1. The molecule has 9 heteroatoms. The minimum atomic E-state index is -0.522. The fourth-order valence-electron chi connectivity index (χ4n) is 3.06. The van der Waals surface area contributed by atoms with E-state index in [2.05, 4.69) is 24.1 Å². The van der Waals surface area contributed by atoms with Gasteiger partial charge < -0.3 is 14.8 Å². The predicted molar refractivity (Wildman–Crippen MR) is 120 cm³/mol. The number of nitrogens with one attached hydrogen (secondary N) is 1. The van der Waals surface area contributed by atoms with Crippen LogP contribution in [0.15, 0.2) is 35.4 Å². The summed E-state index contributed by atoms with van der Waals surface area (Å²) in [6.45, 7) is 6.10. The number of hydrogen-bond acceptors (Lipinski definition) is 7. The first-order chi connectivity index (χ1) is 14.8. The number of nitrogens with zero attached hydrogens (tertiary/aromatic N) is 2. The molecule has 0 atom stereocenters. The largest absolute Gasteiger partial charge is 0.459 e. The molecule has 0 aliphatic carbocycles. The predicted octanol–water partition coefficient (Wildman–Crippen LogP) is 3.33. The Labute approximate surface area is 183 Å². The number of carbonyl (C=O) groups is 2. The number of aromatic nitrogens is 2. The van der Waals surface area contributed by atoms with E-state index in [1.54, 1.807) is 6.92 Å². The zero-order valence-corrected chi connectivity index (χ0v) is 18.7. The summed E-state index contributed by atoms with van der Waals surface area (Å²) in [5.74, 6) is -0.462. The van der Waals surface area contributed by atoms with Crippen LogP contribution in [0.2, 0.25) is 0 Å². The van der Waals surface area contributed by atoms with Crippen LogP contribution in [0.3, 0.4) is 0 Å². The second-order valence-electron chi connectivity index (χ2n) is 7.37. The molecule has 0 bridgehead atoms. The van der Waals surface area contributed by atoms with E-state index in [0.717, 1.165) is 11.3 Å². The summed E-state index contributed by atoms with van der Waals surface area (Å²) in [7, 11) is 1.52. The van der Waals surface area contributed by atoms with Gasteiger partial charge in [-0.3, -0.25) is 14.2 Å². The van der Waals surface area contributed by atoms with Gasteiger partial charge in [-0.15, -0.1) is 11.3 Å². The van der Waals surface area contributed by atoms with Gasteiger partial charge in [0.25, 0.3) is 5.56 Å². The minimum absolute atomic E-state index is 0.124. The molecule has 8 nitrogen and oxygen atoms in total. The molecule has 31 heavy (non-hydrogen) atoms. The van der Waals surface area contributed by atoms with Crippen LogP contribution in [0.4, 0.5) is 5.69 Å². The van der Waals surface area contributed by atoms with E-state index >= 15 is 0 Å². The number of carbonyl (C=O) groups excluding carboxylic acids is 2. The summed E-state index contributed by atoms with van der Waals surface area (Å²) in [5.41, 5.74) is 1.96. The highest BCUT2D eigenvalue weighted by atomic mass is 32.1. The molecule has 0 fully saturated rings. The van der Waals surface area contributed by atoms with Crippen molar-refractivity contribution in [2.45, 2.75) is 33.2 Å². The van der Waals surface area contributed by atoms with Crippen LogP contribution in [-0.2, 0) is 20.8 Å². The number of methoxy groups -OCH3 is 1. The van der Waals surface area contributed by atoms with E-state index in [9.17, 15) is 14.4 Å². The lowest BCUT2D eigenvalue weighted by Gasteiger charge is -2.09. The molecule has 0 saturated carbocycles. The summed E-state index contributed by atoms with van der Waals surface area (Å²) in [6, 6.07) is 7.59. The average molecular weight is 444 g/mol. The van der Waals surface area contributed by atoms with Crippen molar-refractivity contribution in [1.82, 2.24) is 9.55 Å². The van der Waals surface area contributed by atoms with E-state index in [1.807, 2.05) is 24.3 Å². The van der Waals surface area contributed by atoms with Gasteiger partial charge in [0.05, 0.1) is 18.3 Å². The third-order valence-corrected chi connectivity index (χ3v) is 5.98. The number of aryl methyl sites for hydroxylation is 1. The molecule has 0 saturated heterocycles. The Kier molecular flexibility index (Phi) is 7.19. The Bertz CT molecular complexity index is 1150. The van der Waals surface area contributed by atoms with Gasteiger partial charge in [0, 0.05) is 12.8 Å². The first kappa shape index (κ1) is 22.6. The summed E-state index contributed by atoms with van der Waals surface area (Å²) in [6.07, 6.45) is 1.32. The molecule has 2 heterocycles. The van der Waals surface area contributed by atoms with Gasteiger partial charge in [-0.1, -0.05) is 26.0 Å². The molecule has 0 aliphatic heterocycles. The summed E-state index contributed by atoms with van der Waals surface area (Å²) in [4.78, 5) is 42.7. The van der Waals surface area contributed by atoms with E-state index in [0.29, 0.717) is 32.3 Å². The first-order valence-electron chi connectivity index (χ1n) is 9.86. The van der Waals surface area contributed by atoms with E-state index in [-0.39, 0.29) is 31.2 Å². The topological polar surface area (TPSA) is 99.5 Å². The Balaban J connectivity index is 1.77. The number of esters is 1. The van der Waals surface area contributed by atoms with Crippen LogP contribution in [0, 0.1) is 6.92 Å². The maximum Gasteiger partial charge on any atom is 0.348 e. The molecular weight excluding hydrogens is 418 g/mol. The van der Waals surface area contributed by atoms with Crippen molar-refractivity contribution in [3.63, 3.8) is 0 Å². The number of hydrogen-bond donors (Lipinski definition) is 1. The number of amides is 1. The van der Waals surface area contributed by atoms with Gasteiger partial charge in [0.15, 0.2) is 0 Å². The van der Waals surface area contributed by atoms with Gasteiger partial charge in [-0.25, -0.2) is 9.78 Å². The van der Waals surface area contributed by atoms with Crippen LogP contribution in [0.25, 0.3) is 10.2 Å². The van der Waals surface area contributed by atoms with Crippen molar-refractivity contribution in [2.75, 3.05) is 25.6 Å². The van der Waals surface area contributed by atoms with Gasteiger partial charge in [0.2, 0.25) is 5.91 Å². The van der Waals surface area contributed by atoms with Gasteiger partial charge in [-0.2, -0.15) is 0 Å². The van der Waals surface area contributed by atoms with Crippen molar-refractivity contribution in [3.8, 4) is 0 Å². The maximum absolute atomic E-state index is 12.9. The molecular formula is C22H25N3O5S. The summed E-state index contributed by atoms with van der Waals surface area (Å²) < 4.78 is 11.3. The SMILES string of the molecule is COCCOC(=O)c1sc2ncn(CC(=O)Nc3ccc(C(C)C)cc3)c(=O)c2c1C. The maximum atomic E-state index is 12.9. The number of rotatable bonds is 8. The van der Waals surface area contributed by atoms with Crippen LogP contribution in [-0.4, -0.2) is 41.8 Å². The van der Waals surface area contributed by atoms with Crippen molar-refractivity contribution >= 4 is 39.1 Å². The Morgan fingerprint density at radius 2 is 1.90 bits per heavy atom. The molecule has 1 amide bonds. The highest BCUT2D eigenvalue weighted by Gasteiger charge is 2.21. The number of ether oxygens (including phenoxy) is 2. The van der Waals surface area contributed by atoms with Crippen LogP contribution in [0.5, 0.6) is 0 Å². The lowest BCUT2D eigenvalue weighted by Crippen LogP contribution is -2.27. The molecule has 0 unspecified atom stereocenters. The zero-order chi connectivity index (χ0) is 22.5. The molecule has 3 rings (SSSR count). The fraction of sp³-hybridized carbons (Fsp3) is 0.364. The van der Waals surface area contributed by atoms with Gasteiger partial charge in [-0.05, 0) is 36.1 Å².